The second kappa shape index (κ2) is 4.97. The Balaban J connectivity index is 2.11. The minimum Gasteiger partial charge on any atom is -0.0925 e. The van der Waals surface area contributed by atoms with E-state index in [9.17, 15) is 0 Å². The predicted octanol–water partition coefficient (Wildman–Crippen LogP) is 3.91. The average molecular weight is 217 g/mol. The maximum absolute atomic E-state index is 3.50. The molecule has 0 N–H and O–H groups in total. The fraction of sp³-hybridized carbons (Fsp3) is 0.800. The van der Waals surface area contributed by atoms with E-state index >= 15 is 0 Å². The molecule has 0 radical (unpaired) electrons. The zero-order chi connectivity index (χ0) is 8.10. The van der Waals surface area contributed by atoms with Gasteiger partial charge in [0.15, 0.2) is 0 Å². The maximum atomic E-state index is 3.50. The van der Waals surface area contributed by atoms with E-state index in [1.54, 1.807) is 5.57 Å². The lowest BCUT2D eigenvalue weighted by molar-refractivity contribution is 0.592. The van der Waals surface area contributed by atoms with Crippen LogP contribution in [0.1, 0.15) is 39.0 Å². The molecule has 1 aliphatic carbocycles. The van der Waals surface area contributed by atoms with E-state index in [1.165, 1.54) is 32.1 Å². The normalized spacial score (nSPS) is 20.0. The molecule has 0 aromatic rings. The Labute approximate surface area is 78.2 Å². The molecule has 0 aromatic carbocycles. The molecule has 0 bridgehead atoms. The summed E-state index contributed by atoms with van der Waals surface area (Å²) in [5, 5.41) is 1.15. The van der Waals surface area contributed by atoms with Gasteiger partial charge in [0.25, 0.3) is 0 Å². The third kappa shape index (κ3) is 3.42. The number of allylic oxidation sites excluding steroid dienone is 2. The zero-order valence-electron chi connectivity index (χ0n) is 7.28. The SMILES string of the molecule is CC(CBr)CCC1=CCCC1. The van der Waals surface area contributed by atoms with Crippen molar-refractivity contribution in [2.45, 2.75) is 39.0 Å². The number of hydrogen-bond donors (Lipinski definition) is 0. The summed E-state index contributed by atoms with van der Waals surface area (Å²) in [6.07, 6.45) is 9.23. The van der Waals surface area contributed by atoms with Crippen LogP contribution in [0.5, 0.6) is 0 Å². The highest BCUT2D eigenvalue weighted by atomic mass is 79.9. The minimum absolute atomic E-state index is 0.844. The molecule has 0 nitrogen and oxygen atoms in total. The van der Waals surface area contributed by atoms with Gasteiger partial charge in [-0.05, 0) is 38.0 Å². The fourth-order valence-corrected chi connectivity index (χ4v) is 1.80. The number of alkyl halides is 1. The summed E-state index contributed by atoms with van der Waals surface area (Å²) in [7, 11) is 0. The summed E-state index contributed by atoms with van der Waals surface area (Å²) in [5.74, 6) is 0.844. The summed E-state index contributed by atoms with van der Waals surface area (Å²) in [4.78, 5) is 0. The fourth-order valence-electron chi connectivity index (χ4n) is 1.47. The Hall–Kier alpha value is 0.220. The van der Waals surface area contributed by atoms with Crippen LogP contribution >= 0.6 is 15.9 Å². The molecule has 0 amide bonds. The molecule has 0 fully saturated rings. The summed E-state index contributed by atoms with van der Waals surface area (Å²) in [6, 6.07) is 0. The smallest absolute Gasteiger partial charge is 0.00571 e. The molecule has 1 rings (SSSR count). The molecular weight excluding hydrogens is 200 g/mol. The molecule has 64 valence electrons. The second-order valence-corrected chi connectivity index (χ2v) is 4.20. The van der Waals surface area contributed by atoms with Crippen molar-refractivity contribution in [1.29, 1.82) is 0 Å². The highest BCUT2D eigenvalue weighted by Crippen LogP contribution is 2.23. The second-order valence-electron chi connectivity index (χ2n) is 3.55. The van der Waals surface area contributed by atoms with E-state index in [-0.39, 0.29) is 0 Å². The standard InChI is InChI=1S/C10H17Br/c1-9(8-11)6-7-10-4-2-3-5-10/h4,9H,2-3,5-8H2,1H3. The summed E-state index contributed by atoms with van der Waals surface area (Å²) < 4.78 is 0. The average Bonchev–Trinajstić information content (AvgIpc) is 2.52. The quantitative estimate of drug-likeness (QED) is 0.494. The molecule has 0 spiro atoms. The van der Waals surface area contributed by atoms with E-state index in [0.717, 1.165) is 11.2 Å². The van der Waals surface area contributed by atoms with Crippen molar-refractivity contribution in [2.75, 3.05) is 5.33 Å². The van der Waals surface area contributed by atoms with Crippen LogP contribution in [0.15, 0.2) is 11.6 Å². The van der Waals surface area contributed by atoms with Gasteiger partial charge >= 0.3 is 0 Å². The lowest BCUT2D eigenvalue weighted by Crippen LogP contribution is -1.95. The molecule has 0 saturated heterocycles. The molecule has 1 atom stereocenters. The molecule has 0 heterocycles. The lowest BCUT2D eigenvalue weighted by Gasteiger charge is -2.06. The first-order valence-electron chi connectivity index (χ1n) is 4.57. The van der Waals surface area contributed by atoms with E-state index in [1.807, 2.05) is 0 Å². The summed E-state index contributed by atoms with van der Waals surface area (Å²) in [5.41, 5.74) is 1.71. The van der Waals surface area contributed by atoms with E-state index < -0.39 is 0 Å². The number of halogens is 1. The van der Waals surface area contributed by atoms with Crippen molar-refractivity contribution in [3.63, 3.8) is 0 Å². The van der Waals surface area contributed by atoms with Crippen molar-refractivity contribution in [2.24, 2.45) is 5.92 Å². The molecule has 1 heteroatoms. The molecule has 0 aliphatic heterocycles. The van der Waals surface area contributed by atoms with Crippen LogP contribution in [0.3, 0.4) is 0 Å². The Morgan fingerprint density at radius 3 is 3.00 bits per heavy atom. The Kier molecular flexibility index (Phi) is 4.21. The van der Waals surface area contributed by atoms with Crippen LogP contribution in [0.25, 0.3) is 0 Å². The van der Waals surface area contributed by atoms with Crippen LogP contribution in [0.2, 0.25) is 0 Å². The van der Waals surface area contributed by atoms with Crippen LogP contribution in [0, 0.1) is 5.92 Å². The summed E-state index contributed by atoms with van der Waals surface area (Å²) >= 11 is 3.50. The minimum atomic E-state index is 0.844. The Bertz CT molecular complexity index is 138. The zero-order valence-corrected chi connectivity index (χ0v) is 8.86. The molecule has 0 aromatic heterocycles. The van der Waals surface area contributed by atoms with Crippen LogP contribution in [-0.4, -0.2) is 5.33 Å². The van der Waals surface area contributed by atoms with Gasteiger partial charge in [-0.2, -0.15) is 0 Å². The maximum Gasteiger partial charge on any atom is 0.00571 e. The number of hydrogen-bond acceptors (Lipinski definition) is 0. The Morgan fingerprint density at radius 2 is 2.45 bits per heavy atom. The topological polar surface area (TPSA) is 0 Å². The van der Waals surface area contributed by atoms with Crippen LogP contribution in [0.4, 0.5) is 0 Å². The number of rotatable bonds is 4. The first kappa shape index (κ1) is 9.31. The van der Waals surface area contributed by atoms with E-state index in [2.05, 4.69) is 28.9 Å². The van der Waals surface area contributed by atoms with Crippen LogP contribution < -0.4 is 0 Å². The van der Waals surface area contributed by atoms with Crippen molar-refractivity contribution in [3.05, 3.63) is 11.6 Å². The summed E-state index contributed by atoms with van der Waals surface area (Å²) in [6.45, 7) is 2.31. The van der Waals surface area contributed by atoms with Gasteiger partial charge in [-0.15, -0.1) is 0 Å². The van der Waals surface area contributed by atoms with Crippen LogP contribution in [-0.2, 0) is 0 Å². The van der Waals surface area contributed by atoms with Gasteiger partial charge in [-0.25, -0.2) is 0 Å². The van der Waals surface area contributed by atoms with E-state index in [0.29, 0.717) is 0 Å². The molecule has 1 unspecified atom stereocenters. The molecule has 11 heavy (non-hydrogen) atoms. The van der Waals surface area contributed by atoms with Crippen molar-refractivity contribution >= 4 is 15.9 Å². The molecule has 1 aliphatic rings. The lowest BCUT2D eigenvalue weighted by atomic mass is 10.0. The van der Waals surface area contributed by atoms with Gasteiger partial charge in [0, 0.05) is 5.33 Å². The van der Waals surface area contributed by atoms with Crippen molar-refractivity contribution < 1.29 is 0 Å². The third-order valence-corrected chi connectivity index (χ3v) is 3.46. The van der Waals surface area contributed by atoms with Crippen molar-refractivity contribution in [1.82, 2.24) is 0 Å². The van der Waals surface area contributed by atoms with Gasteiger partial charge in [-0.3, -0.25) is 0 Å². The Morgan fingerprint density at radius 1 is 1.64 bits per heavy atom. The third-order valence-electron chi connectivity index (χ3n) is 2.36. The first-order chi connectivity index (χ1) is 5.33. The van der Waals surface area contributed by atoms with Gasteiger partial charge < -0.3 is 0 Å². The van der Waals surface area contributed by atoms with Gasteiger partial charge in [0.2, 0.25) is 0 Å². The highest BCUT2D eigenvalue weighted by molar-refractivity contribution is 9.09. The molecule has 0 saturated carbocycles. The van der Waals surface area contributed by atoms with Gasteiger partial charge in [0.05, 0.1) is 0 Å². The first-order valence-corrected chi connectivity index (χ1v) is 5.69. The monoisotopic (exact) mass is 216 g/mol. The van der Waals surface area contributed by atoms with Crippen molar-refractivity contribution in [3.8, 4) is 0 Å². The molecular formula is C10H17Br. The van der Waals surface area contributed by atoms with Gasteiger partial charge in [-0.1, -0.05) is 34.5 Å². The largest absolute Gasteiger partial charge is 0.0925 e. The predicted molar refractivity (Wildman–Crippen MR) is 54.1 cm³/mol. The highest BCUT2D eigenvalue weighted by Gasteiger charge is 2.06. The van der Waals surface area contributed by atoms with E-state index in [4.69, 9.17) is 0 Å². The van der Waals surface area contributed by atoms with Gasteiger partial charge in [0.1, 0.15) is 0 Å².